The summed E-state index contributed by atoms with van der Waals surface area (Å²) < 4.78 is 24.3. The van der Waals surface area contributed by atoms with Crippen LogP contribution in [0.4, 0.5) is 0 Å². The predicted octanol–water partition coefficient (Wildman–Crippen LogP) is 1.60. The van der Waals surface area contributed by atoms with Gasteiger partial charge in [-0.3, -0.25) is 0 Å². The number of nitrogens with one attached hydrogen (secondary N) is 1. The fraction of sp³-hybridized carbons (Fsp3) is 0.500. The minimum atomic E-state index is -3.17. The predicted molar refractivity (Wildman–Crippen MR) is 64.1 cm³/mol. The number of sulfone groups is 1. The van der Waals surface area contributed by atoms with Gasteiger partial charge in [-0.05, 0) is 31.9 Å². The average molecular weight is 239 g/mol. The van der Waals surface area contributed by atoms with Crippen LogP contribution in [0.3, 0.4) is 0 Å². The third kappa shape index (κ3) is 2.62. The van der Waals surface area contributed by atoms with Gasteiger partial charge in [0.05, 0.1) is 10.1 Å². The number of hydrogen-bond donors (Lipinski definition) is 1. The highest BCUT2D eigenvalue weighted by Gasteiger charge is 2.26. The largest absolute Gasteiger partial charge is 0.313 e. The molecule has 16 heavy (non-hydrogen) atoms. The van der Waals surface area contributed by atoms with Gasteiger partial charge in [-0.2, -0.15) is 0 Å². The molecule has 1 unspecified atom stereocenters. The molecular formula is C12H17NO2S. The topological polar surface area (TPSA) is 46.2 Å². The van der Waals surface area contributed by atoms with E-state index in [4.69, 9.17) is 0 Å². The van der Waals surface area contributed by atoms with Crippen molar-refractivity contribution in [1.29, 1.82) is 0 Å². The van der Waals surface area contributed by atoms with Crippen molar-refractivity contribution in [2.75, 3.05) is 6.54 Å². The molecule has 1 N–H and O–H groups in total. The van der Waals surface area contributed by atoms with E-state index in [1.54, 1.807) is 31.2 Å². The molecule has 2 rings (SSSR count). The molecule has 88 valence electrons. The summed E-state index contributed by atoms with van der Waals surface area (Å²) in [6.45, 7) is 2.31. The first-order valence-corrected chi connectivity index (χ1v) is 7.17. The Labute approximate surface area is 96.8 Å². The standard InChI is InChI=1S/C12H17NO2S/c1-10(9-13-11-7-8-11)16(14,15)12-5-3-2-4-6-12/h2-6,10-11,13H,7-9H2,1H3. The molecule has 0 saturated heterocycles. The Morgan fingerprint density at radius 1 is 1.31 bits per heavy atom. The van der Waals surface area contributed by atoms with E-state index < -0.39 is 9.84 Å². The van der Waals surface area contributed by atoms with Crippen LogP contribution in [0.2, 0.25) is 0 Å². The summed E-state index contributed by atoms with van der Waals surface area (Å²) in [4.78, 5) is 0.417. The second kappa shape index (κ2) is 4.55. The van der Waals surface area contributed by atoms with Crippen molar-refractivity contribution in [2.45, 2.75) is 36.0 Å². The number of benzene rings is 1. The van der Waals surface area contributed by atoms with Gasteiger partial charge in [0.1, 0.15) is 0 Å². The normalized spacial score (nSPS) is 18.3. The van der Waals surface area contributed by atoms with Gasteiger partial charge in [-0.25, -0.2) is 8.42 Å². The van der Waals surface area contributed by atoms with E-state index in [1.807, 2.05) is 6.07 Å². The molecule has 1 aliphatic rings. The van der Waals surface area contributed by atoms with Crippen LogP contribution in [0.1, 0.15) is 19.8 Å². The zero-order valence-electron chi connectivity index (χ0n) is 9.39. The van der Waals surface area contributed by atoms with Crippen LogP contribution < -0.4 is 5.32 Å². The monoisotopic (exact) mass is 239 g/mol. The third-order valence-corrected chi connectivity index (χ3v) is 5.03. The lowest BCUT2D eigenvalue weighted by atomic mass is 10.4. The van der Waals surface area contributed by atoms with Gasteiger partial charge in [0.25, 0.3) is 0 Å². The summed E-state index contributed by atoms with van der Waals surface area (Å²) in [6, 6.07) is 9.20. The Bertz CT molecular complexity index is 437. The summed E-state index contributed by atoms with van der Waals surface area (Å²) in [6.07, 6.45) is 2.36. The summed E-state index contributed by atoms with van der Waals surface area (Å²) in [7, 11) is -3.17. The molecule has 0 spiro atoms. The molecule has 0 aromatic heterocycles. The molecule has 4 heteroatoms. The van der Waals surface area contributed by atoms with Gasteiger partial charge >= 0.3 is 0 Å². The molecule has 0 radical (unpaired) electrons. The van der Waals surface area contributed by atoms with E-state index in [1.165, 1.54) is 12.8 Å². The Morgan fingerprint density at radius 3 is 2.50 bits per heavy atom. The van der Waals surface area contributed by atoms with Crippen LogP contribution in [-0.4, -0.2) is 26.3 Å². The maximum absolute atomic E-state index is 12.1. The fourth-order valence-electron chi connectivity index (χ4n) is 1.57. The Morgan fingerprint density at radius 2 is 1.94 bits per heavy atom. The molecule has 0 bridgehead atoms. The van der Waals surface area contributed by atoms with Crippen LogP contribution in [0.25, 0.3) is 0 Å². The summed E-state index contributed by atoms with van der Waals surface area (Å²) in [5, 5.41) is 2.89. The van der Waals surface area contributed by atoms with Crippen LogP contribution in [0, 0.1) is 0 Å². The molecule has 1 atom stereocenters. The van der Waals surface area contributed by atoms with Crippen LogP contribution in [0.5, 0.6) is 0 Å². The second-order valence-corrected chi connectivity index (χ2v) is 6.72. The van der Waals surface area contributed by atoms with E-state index in [-0.39, 0.29) is 5.25 Å². The van der Waals surface area contributed by atoms with Gasteiger partial charge < -0.3 is 5.32 Å². The summed E-state index contributed by atoms with van der Waals surface area (Å²) >= 11 is 0. The highest BCUT2D eigenvalue weighted by Crippen LogP contribution is 2.20. The van der Waals surface area contributed by atoms with Crippen molar-refractivity contribution in [3.05, 3.63) is 30.3 Å². The molecule has 1 aliphatic carbocycles. The van der Waals surface area contributed by atoms with Crippen molar-refractivity contribution in [3.63, 3.8) is 0 Å². The van der Waals surface area contributed by atoms with Crippen molar-refractivity contribution in [3.8, 4) is 0 Å². The van der Waals surface area contributed by atoms with Gasteiger partial charge in [0.2, 0.25) is 0 Å². The van der Waals surface area contributed by atoms with Crippen molar-refractivity contribution >= 4 is 9.84 Å². The highest BCUT2D eigenvalue weighted by atomic mass is 32.2. The molecule has 1 aromatic carbocycles. The maximum atomic E-state index is 12.1. The minimum Gasteiger partial charge on any atom is -0.313 e. The SMILES string of the molecule is CC(CNC1CC1)S(=O)(=O)c1ccccc1. The Kier molecular flexibility index (Phi) is 3.30. The first kappa shape index (κ1) is 11.6. The zero-order chi connectivity index (χ0) is 11.6. The van der Waals surface area contributed by atoms with E-state index in [2.05, 4.69) is 5.32 Å². The van der Waals surface area contributed by atoms with E-state index >= 15 is 0 Å². The molecule has 1 saturated carbocycles. The molecule has 3 nitrogen and oxygen atoms in total. The van der Waals surface area contributed by atoms with E-state index in [0.29, 0.717) is 17.5 Å². The van der Waals surface area contributed by atoms with Crippen LogP contribution in [0.15, 0.2) is 35.2 Å². The number of rotatable bonds is 5. The van der Waals surface area contributed by atoms with Gasteiger partial charge in [0, 0.05) is 12.6 Å². The number of hydrogen-bond acceptors (Lipinski definition) is 3. The smallest absolute Gasteiger partial charge is 0.182 e. The first-order chi connectivity index (χ1) is 7.60. The second-order valence-electron chi connectivity index (χ2n) is 4.35. The highest BCUT2D eigenvalue weighted by molar-refractivity contribution is 7.92. The lowest BCUT2D eigenvalue weighted by molar-refractivity contribution is 0.571. The van der Waals surface area contributed by atoms with Crippen molar-refractivity contribution in [2.24, 2.45) is 0 Å². The quantitative estimate of drug-likeness (QED) is 0.849. The molecule has 0 amide bonds. The minimum absolute atomic E-state index is 0.365. The van der Waals surface area contributed by atoms with Gasteiger partial charge in [-0.1, -0.05) is 18.2 Å². The summed E-state index contributed by atoms with van der Waals surface area (Å²) in [5.41, 5.74) is 0. The van der Waals surface area contributed by atoms with Gasteiger partial charge in [-0.15, -0.1) is 0 Å². The van der Waals surface area contributed by atoms with E-state index in [0.717, 1.165) is 0 Å². The van der Waals surface area contributed by atoms with Crippen molar-refractivity contribution in [1.82, 2.24) is 5.32 Å². The maximum Gasteiger partial charge on any atom is 0.182 e. The Hall–Kier alpha value is -0.870. The third-order valence-electron chi connectivity index (χ3n) is 2.87. The van der Waals surface area contributed by atoms with Gasteiger partial charge in [0.15, 0.2) is 9.84 Å². The van der Waals surface area contributed by atoms with Crippen LogP contribution >= 0.6 is 0 Å². The first-order valence-electron chi connectivity index (χ1n) is 5.63. The molecule has 1 aromatic rings. The molecule has 1 fully saturated rings. The van der Waals surface area contributed by atoms with Crippen molar-refractivity contribution < 1.29 is 8.42 Å². The zero-order valence-corrected chi connectivity index (χ0v) is 10.2. The summed E-state index contributed by atoms with van der Waals surface area (Å²) in [5.74, 6) is 0. The average Bonchev–Trinajstić information content (AvgIpc) is 3.11. The van der Waals surface area contributed by atoms with E-state index in [9.17, 15) is 8.42 Å². The fourth-order valence-corrected chi connectivity index (χ4v) is 2.89. The molecule has 0 heterocycles. The van der Waals surface area contributed by atoms with Crippen LogP contribution in [-0.2, 0) is 9.84 Å². The Balaban J connectivity index is 2.05. The lowest BCUT2D eigenvalue weighted by Crippen LogP contribution is -2.32. The lowest BCUT2D eigenvalue weighted by Gasteiger charge is -2.13. The molecular weight excluding hydrogens is 222 g/mol. The molecule has 0 aliphatic heterocycles.